The van der Waals surface area contributed by atoms with Crippen LogP contribution in [0, 0.1) is 10.1 Å². The average Bonchev–Trinajstić information content (AvgIpc) is 2.20. The molecule has 0 bridgehead atoms. The van der Waals surface area contributed by atoms with Crippen molar-refractivity contribution in [3.05, 3.63) is 10.1 Å². The van der Waals surface area contributed by atoms with E-state index in [1.165, 1.54) is 0 Å². The Hall–Kier alpha value is -1.66. The van der Waals surface area contributed by atoms with Crippen LogP contribution < -0.4 is 0 Å². The number of carboxylic acids is 2. The quantitative estimate of drug-likeness (QED) is 0.343. The van der Waals surface area contributed by atoms with Gasteiger partial charge in [0.1, 0.15) is 0 Å². The highest BCUT2D eigenvalue weighted by Gasteiger charge is 2.19. The Kier molecular flexibility index (Phi) is 7.66. The van der Waals surface area contributed by atoms with Crippen LogP contribution in [0.1, 0.15) is 44.9 Å². The monoisotopic (exact) mass is 247 g/mol. The molecule has 0 spiro atoms. The molecule has 17 heavy (non-hydrogen) atoms. The number of aliphatic carboxylic acids is 2. The molecule has 0 rings (SSSR count). The Labute approximate surface area is 98.6 Å². The summed E-state index contributed by atoms with van der Waals surface area (Å²) in [6.45, 7) is 0. The zero-order valence-corrected chi connectivity index (χ0v) is 9.50. The van der Waals surface area contributed by atoms with Gasteiger partial charge in [-0.15, -0.1) is 0 Å². The Morgan fingerprint density at radius 2 is 1.47 bits per heavy atom. The summed E-state index contributed by atoms with van der Waals surface area (Å²) in [5.41, 5.74) is 0. The van der Waals surface area contributed by atoms with E-state index in [2.05, 4.69) is 0 Å². The van der Waals surface area contributed by atoms with Crippen LogP contribution in [-0.4, -0.2) is 33.1 Å². The van der Waals surface area contributed by atoms with Crippen molar-refractivity contribution in [2.24, 2.45) is 0 Å². The van der Waals surface area contributed by atoms with Crippen LogP contribution in [0.3, 0.4) is 0 Å². The highest BCUT2D eigenvalue weighted by atomic mass is 16.6. The molecule has 7 heteroatoms. The molecule has 0 amide bonds. The zero-order valence-electron chi connectivity index (χ0n) is 9.50. The van der Waals surface area contributed by atoms with Gasteiger partial charge in [-0.2, -0.15) is 0 Å². The summed E-state index contributed by atoms with van der Waals surface area (Å²) in [5.74, 6) is -1.87. The Balaban J connectivity index is 3.79. The van der Waals surface area contributed by atoms with Crippen molar-refractivity contribution in [3.8, 4) is 0 Å². The summed E-state index contributed by atoms with van der Waals surface area (Å²) in [4.78, 5) is 30.7. The molecule has 0 aromatic rings. The Morgan fingerprint density at radius 3 is 1.94 bits per heavy atom. The third-order valence-electron chi connectivity index (χ3n) is 2.40. The first-order valence-electron chi connectivity index (χ1n) is 5.50. The first kappa shape index (κ1) is 15.3. The number of nitrogens with zero attached hydrogens (tertiary/aromatic N) is 1. The smallest absolute Gasteiger partial charge is 0.303 e. The largest absolute Gasteiger partial charge is 0.481 e. The van der Waals surface area contributed by atoms with Gasteiger partial charge >= 0.3 is 11.9 Å². The maximum Gasteiger partial charge on any atom is 0.303 e. The predicted octanol–water partition coefficient (Wildman–Crippen LogP) is 1.53. The molecule has 0 heterocycles. The maximum absolute atomic E-state index is 10.6. The fourth-order valence-electron chi connectivity index (χ4n) is 1.50. The van der Waals surface area contributed by atoms with Crippen molar-refractivity contribution < 1.29 is 24.7 Å². The van der Waals surface area contributed by atoms with Gasteiger partial charge in [0, 0.05) is 30.6 Å². The standard InChI is InChI=1S/C10H17NO6/c12-9(13)6-2-1-4-8(11(16)17)5-3-7-10(14)15/h8H,1-7H2,(H,12,13)(H,14,15). The van der Waals surface area contributed by atoms with E-state index in [9.17, 15) is 19.7 Å². The second-order valence-electron chi connectivity index (χ2n) is 3.86. The molecule has 98 valence electrons. The van der Waals surface area contributed by atoms with Crippen LogP contribution >= 0.6 is 0 Å². The van der Waals surface area contributed by atoms with Gasteiger partial charge in [-0.05, 0) is 19.3 Å². The van der Waals surface area contributed by atoms with Crippen LogP contribution in [0.4, 0.5) is 0 Å². The molecule has 0 aliphatic carbocycles. The van der Waals surface area contributed by atoms with Crippen LogP contribution in [0.25, 0.3) is 0 Å². The predicted molar refractivity (Wildman–Crippen MR) is 58.4 cm³/mol. The molecule has 0 fully saturated rings. The van der Waals surface area contributed by atoms with E-state index >= 15 is 0 Å². The number of nitro groups is 1. The average molecular weight is 247 g/mol. The molecule has 0 saturated heterocycles. The SMILES string of the molecule is O=C(O)CCCCC(CCCC(=O)O)[N+](=O)[O-]. The van der Waals surface area contributed by atoms with Crippen molar-refractivity contribution in [3.63, 3.8) is 0 Å². The second-order valence-corrected chi connectivity index (χ2v) is 3.86. The fraction of sp³-hybridized carbons (Fsp3) is 0.800. The van der Waals surface area contributed by atoms with Crippen LogP contribution in [0.15, 0.2) is 0 Å². The third kappa shape index (κ3) is 9.28. The highest BCUT2D eigenvalue weighted by molar-refractivity contribution is 5.66. The molecular formula is C10H17NO6. The Morgan fingerprint density at radius 1 is 1.00 bits per heavy atom. The summed E-state index contributed by atoms with van der Waals surface area (Å²) in [6.07, 6.45) is 1.65. The van der Waals surface area contributed by atoms with E-state index in [1.54, 1.807) is 0 Å². The van der Waals surface area contributed by atoms with E-state index in [-0.39, 0.29) is 25.7 Å². The number of hydrogen-bond donors (Lipinski definition) is 2. The highest BCUT2D eigenvalue weighted by Crippen LogP contribution is 2.12. The van der Waals surface area contributed by atoms with Crippen LogP contribution in [-0.2, 0) is 9.59 Å². The van der Waals surface area contributed by atoms with Crippen LogP contribution in [0.5, 0.6) is 0 Å². The minimum absolute atomic E-state index is 0.0135. The summed E-state index contributed by atoms with van der Waals surface area (Å²) in [5, 5.41) is 27.4. The molecule has 7 nitrogen and oxygen atoms in total. The summed E-state index contributed by atoms with van der Waals surface area (Å²) >= 11 is 0. The van der Waals surface area contributed by atoms with E-state index in [0.29, 0.717) is 19.3 Å². The van der Waals surface area contributed by atoms with E-state index in [4.69, 9.17) is 10.2 Å². The van der Waals surface area contributed by atoms with Gasteiger partial charge in [-0.1, -0.05) is 0 Å². The molecule has 0 saturated carbocycles. The number of rotatable bonds is 10. The van der Waals surface area contributed by atoms with Gasteiger partial charge in [0.15, 0.2) is 0 Å². The fourth-order valence-corrected chi connectivity index (χ4v) is 1.50. The van der Waals surface area contributed by atoms with Gasteiger partial charge in [-0.25, -0.2) is 0 Å². The molecule has 1 atom stereocenters. The molecule has 1 unspecified atom stereocenters. The van der Waals surface area contributed by atoms with Crippen molar-refractivity contribution in [1.82, 2.24) is 0 Å². The lowest BCUT2D eigenvalue weighted by atomic mass is 10.0. The first-order valence-corrected chi connectivity index (χ1v) is 5.50. The first-order chi connectivity index (χ1) is 7.93. The maximum atomic E-state index is 10.6. The summed E-state index contributed by atoms with van der Waals surface area (Å²) < 4.78 is 0. The number of carboxylic acid groups (broad SMARTS) is 2. The van der Waals surface area contributed by atoms with Crippen molar-refractivity contribution in [2.75, 3.05) is 0 Å². The third-order valence-corrected chi connectivity index (χ3v) is 2.40. The minimum atomic E-state index is -0.960. The van der Waals surface area contributed by atoms with E-state index in [1.807, 2.05) is 0 Å². The summed E-state index contributed by atoms with van der Waals surface area (Å²) in [7, 11) is 0. The van der Waals surface area contributed by atoms with Crippen molar-refractivity contribution in [2.45, 2.75) is 51.0 Å². The lowest BCUT2D eigenvalue weighted by Gasteiger charge is -2.08. The van der Waals surface area contributed by atoms with Crippen molar-refractivity contribution >= 4 is 11.9 Å². The molecule has 0 aromatic carbocycles. The van der Waals surface area contributed by atoms with Gasteiger partial charge in [0.25, 0.3) is 0 Å². The second kappa shape index (κ2) is 8.49. The number of carbonyl (C=O) groups is 2. The van der Waals surface area contributed by atoms with Crippen molar-refractivity contribution in [1.29, 1.82) is 0 Å². The topological polar surface area (TPSA) is 118 Å². The van der Waals surface area contributed by atoms with Gasteiger partial charge in [0.05, 0.1) is 0 Å². The van der Waals surface area contributed by atoms with Gasteiger partial charge in [0.2, 0.25) is 6.04 Å². The molecule has 0 radical (unpaired) electrons. The zero-order chi connectivity index (χ0) is 13.3. The molecule has 0 aromatic heterocycles. The summed E-state index contributed by atoms with van der Waals surface area (Å²) in [6, 6.07) is -0.761. The number of hydrogen-bond acceptors (Lipinski definition) is 4. The minimum Gasteiger partial charge on any atom is -0.481 e. The molecule has 0 aliphatic rings. The number of unbranched alkanes of at least 4 members (excludes halogenated alkanes) is 1. The molecule has 0 aliphatic heterocycles. The normalized spacial score (nSPS) is 12.0. The van der Waals surface area contributed by atoms with E-state index < -0.39 is 22.9 Å². The van der Waals surface area contributed by atoms with Gasteiger partial charge < -0.3 is 10.2 Å². The van der Waals surface area contributed by atoms with E-state index in [0.717, 1.165) is 0 Å². The lowest BCUT2D eigenvalue weighted by molar-refractivity contribution is -0.524. The van der Waals surface area contributed by atoms with Crippen LogP contribution in [0.2, 0.25) is 0 Å². The molecular weight excluding hydrogens is 230 g/mol. The Bertz CT molecular complexity index is 278. The molecule has 2 N–H and O–H groups in total. The lowest BCUT2D eigenvalue weighted by Crippen LogP contribution is -2.19. The van der Waals surface area contributed by atoms with Gasteiger partial charge in [-0.3, -0.25) is 19.7 Å².